The minimum absolute atomic E-state index is 0.0595. The van der Waals surface area contributed by atoms with E-state index in [0.29, 0.717) is 23.0 Å². The molecule has 0 unspecified atom stereocenters. The van der Waals surface area contributed by atoms with Gasteiger partial charge in [0.1, 0.15) is 5.58 Å². The van der Waals surface area contributed by atoms with E-state index in [9.17, 15) is 4.79 Å². The fraction of sp³-hybridized carbons (Fsp3) is 0.0625. The van der Waals surface area contributed by atoms with Gasteiger partial charge >= 0.3 is 0 Å². The minimum atomic E-state index is -0.0595. The van der Waals surface area contributed by atoms with Gasteiger partial charge in [-0.3, -0.25) is 4.79 Å². The third-order valence-electron chi connectivity index (χ3n) is 3.07. The molecule has 0 radical (unpaired) electrons. The molecule has 0 saturated heterocycles. The van der Waals surface area contributed by atoms with Crippen LogP contribution < -0.4 is 5.43 Å². The molecule has 0 fully saturated rings. The van der Waals surface area contributed by atoms with Gasteiger partial charge in [0.25, 0.3) is 0 Å². The molecular weight excluding hydrogens is 260 g/mol. The van der Waals surface area contributed by atoms with Crippen molar-refractivity contribution in [1.82, 2.24) is 0 Å². The highest BCUT2D eigenvalue weighted by molar-refractivity contribution is 6.29. The van der Waals surface area contributed by atoms with Crippen LogP contribution >= 0.6 is 11.6 Å². The zero-order valence-corrected chi connectivity index (χ0v) is 10.9. The van der Waals surface area contributed by atoms with Crippen molar-refractivity contribution < 1.29 is 4.42 Å². The van der Waals surface area contributed by atoms with Crippen molar-refractivity contribution in [2.24, 2.45) is 0 Å². The summed E-state index contributed by atoms with van der Waals surface area (Å²) in [6, 6.07) is 16.9. The summed E-state index contributed by atoms with van der Waals surface area (Å²) in [4.78, 5) is 12.4. The highest BCUT2D eigenvalue weighted by Gasteiger charge is 2.12. The third-order valence-corrected chi connectivity index (χ3v) is 3.37. The molecule has 2 aromatic carbocycles. The molecule has 0 bridgehead atoms. The summed E-state index contributed by atoms with van der Waals surface area (Å²) in [6.07, 6.45) is 0.479. The van der Waals surface area contributed by atoms with Crippen LogP contribution in [0, 0.1) is 0 Å². The van der Waals surface area contributed by atoms with Crippen LogP contribution in [0.25, 0.3) is 11.0 Å². The molecule has 0 N–H and O–H groups in total. The molecule has 19 heavy (non-hydrogen) atoms. The lowest BCUT2D eigenvalue weighted by molar-refractivity contribution is 0.597. The van der Waals surface area contributed by atoms with Crippen molar-refractivity contribution in [3.8, 4) is 0 Å². The molecule has 0 aliphatic heterocycles. The van der Waals surface area contributed by atoms with Crippen molar-refractivity contribution in [2.45, 2.75) is 6.42 Å². The Hall–Kier alpha value is -2.06. The van der Waals surface area contributed by atoms with Crippen LogP contribution in [0.15, 0.2) is 63.8 Å². The van der Waals surface area contributed by atoms with Crippen molar-refractivity contribution >= 4 is 22.6 Å². The average Bonchev–Trinajstić information content (AvgIpc) is 2.45. The standard InChI is InChI=1S/C16H11ClO2/c17-16-13(10-11-6-2-1-3-7-11)15(18)12-8-4-5-9-14(12)19-16/h1-9H,10H2. The first-order chi connectivity index (χ1) is 9.25. The lowest BCUT2D eigenvalue weighted by atomic mass is 10.1. The van der Waals surface area contributed by atoms with Gasteiger partial charge < -0.3 is 4.42 Å². The normalized spacial score (nSPS) is 10.8. The van der Waals surface area contributed by atoms with Crippen LogP contribution in [-0.4, -0.2) is 0 Å². The lowest BCUT2D eigenvalue weighted by Crippen LogP contribution is -2.10. The summed E-state index contributed by atoms with van der Waals surface area (Å²) in [5, 5.41) is 0.741. The second-order valence-corrected chi connectivity index (χ2v) is 4.69. The number of para-hydroxylation sites is 1. The van der Waals surface area contributed by atoms with E-state index >= 15 is 0 Å². The van der Waals surface area contributed by atoms with Crippen LogP contribution in [0.5, 0.6) is 0 Å². The number of rotatable bonds is 2. The molecule has 0 amide bonds. The van der Waals surface area contributed by atoms with Gasteiger partial charge in [-0.25, -0.2) is 0 Å². The van der Waals surface area contributed by atoms with Gasteiger partial charge in [0.05, 0.1) is 10.9 Å². The summed E-state index contributed by atoms with van der Waals surface area (Å²) in [5.74, 6) is 0. The largest absolute Gasteiger partial charge is 0.444 e. The Labute approximate surface area is 115 Å². The summed E-state index contributed by atoms with van der Waals surface area (Å²) in [5.41, 5.74) is 2.00. The van der Waals surface area contributed by atoms with Crippen LogP contribution in [0.1, 0.15) is 11.1 Å². The molecule has 0 saturated carbocycles. The molecule has 1 aromatic heterocycles. The third kappa shape index (κ3) is 2.27. The summed E-state index contributed by atoms with van der Waals surface area (Å²) < 4.78 is 5.51. The molecule has 0 aliphatic rings. The fourth-order valence-electron chi connectivity index (χ4n) is 2.10. The first-order valence-electron chi connectivity index (χ1n) is 6.00. The Morgan fingerprint density at radius 2 is 1.63 bits per heavy atom. The van der Waals surface area contributed by atoms with Gasteiger partial charge in [0, 0.05) is 6.42 Å². The lowest BCUT2D eigenvalue weighted by Gasteiger charge is -2.05. The van der Waals surface area contributed by atoms with Crippen molar-refractivity contribution in [3.05, 3.63) is 81.2 Å². The Morgan fingerprint density at radius 1 is 0.947 bits per heavy atom. The Kier molecular flexibility index (Phi) is 3.10. The van der Waals surface area contributed by atoms with E-state index in [1.54, 1.807) is 12.1 Å². The molecule has 3 aromatic rings. The van der Waals surface area contributed by atoms with Crippen LogP contribution in [0.3, 0.4) is 0 Å². The Morgan fingerprint density at radius 3 is 2.42 bits per heavy atom. The Bertz CT molecular complexity index is 776. The molecule has 0 aliphatic carbocycles. The van der Waals surface area contributed by atoms with Gasteiger partial charge in [-0.05, 0) is 29.3 Å². The van der Waals surface area contributed by atoms with Crippen molar-refractivity contribution in [3.63, 3.8) is 0 Å². The van der Waals surface area contributed by atoms with Gasteiger partial charge in [0.2, 0.25) is 5.22 Å². The number of fused-ring (bicyclic) bond motifs is 1. The molecule has 3 rings (SSSR count). The summed E-state index contributed by atoms with van der Waals surface area (Å²) in [6.45, 7) is 0. The highest BCUT2D eigenvalue weighted by Crippen LogP contribution is 2.21. The number of benzene rings is 2. The van der Waals surface area contributed by atoms with Gasteiger partial charge in [-0.2, -0.15) is 0 Å². The van der Waals surface area contributed by atoms with E-state index in [0.717, 1.165) is 5.56 Å². The second kappa shape index (κ2) is 4.90. The molecule has 2 nitrogen and oxygen atoms in total. The van der Waals surface area contributed by atoms with Crippen LogP contribution in [0.4, 0.5) is 0 Å². The first kappa shape index (κ1) is 12.0. The quantitative estimate of drug-likeness (QED) is 0.703. The number of halogens is 1. The fourth-order valence-corrected chi connectivity index (χ4v) is 2.34. The van der Waals surface area contributed by atoms with E-state index in [1.807, 2.05) is 42.5 Å². The maximum absolute atomic E-state index is 12.4. The molecular formula is C16H11ClO2. The predicted molar refractivity (Wildman–Crippen MR) is 76.7 cm³/mol. The van der Waals surface area contributed by atoms with Crippen molar-refractivity contribution in [1.29, 1.82) is 0 Å². The van der Waals surface area contributed by atoms with E-state index in [2.05, 4.69) is 0 Å². The zero-order chi connectivity index (χ0) is 13.2. The monoisotopic (exact) mass is 270 g/mol. The van der Waals surface area contributed by atoms with Gasteiger partial charge in [0.15, 0.2) is 5.43 Å². The smallest absolute Gasteiger partial charge is 0.201 e. The zero-order valence-electron chi connectivity index (χ0n) is 10.1. The van der Waals surface area contributed by atoms with Gasteiger partial charge in [-0.1, -0.05) is 42.5 Å². The predicted octanol–water partition coefficient (Wildman–Crippen LogP) is 4.04. The SMILES string of the molecule is O=c1c(Cc2ccccc2)c(Cl)oc2ccccc12. The Balaban J connectivity index is 2.16. The van der Waals surface area contributed by atoms with Crippen molar-refractivity contribution in [2.75, 3.05) is 0 Å². The molecule has 3 heteroatoms. The maximum Gasteiger partial charge on any atom is 0.201 e. The number of hydrogen-bond acceptors (Lipinski definition) is 2. The molecule has 1 heterocycles. The number of hydrogen-bond donors (Lipinski definition) is 0. The van der Waals surface area contributed by atoms with E-state index in [-0.39, 0.29) is 10.6 Å². The van der Waals surface area contributed by atoms with E-state index in [4.69, 9.17) is 16.0 Å². The summed E-state index contributed by atoms with van der Waals surface area (Å²) >= 11 is 6.09. The first-order valence-corrected chi connectivity index (χ1v) is 6.37. The van der Waals surface area contributed by atoms with Crippen LogP contribution in [0.2, 0.25) is 5.22 Å². The summed E-state index contributed by atoms with van der Waals surface area (Å²) in [7, 11) is 0. The van der Waals surface area contributed by atoms with E-state index in [1.165, 1.54) is 0 Å². The highest BCUT2D eigenvalue weighted by atomic mass is 35.5. The second-order valence-electron chi connectivity index (χ2n) is 4.34. The minimum Gasteiger partial charge on any atom is -0.444 e. The molecule has 0 spiro atoms. The van der Waals surface area contributed by atoms with Crippen LogP contribution in [-0.2, 0) is 6.42 Å². The molecule has 0 atom stereocenters. The maximum atomic E-state index is 12.4. The molecule has 94 valence electrons. The van der Waals surface area contributed by atoms with Gasteiger partial charge in [-0.15, -0.1) is 0 Å². The average molecular weight is 271 g/mol. The topological polar surface area (TPSA) is 30.2 Å². The van der Waals surface area contributed by atoms with E-state index < -0.39 is 0 Å².